The zero-order valence-electron chi connectivity index (χ0n) is 11.4. The fourth-order valence-electron chi connectivity index (χ4n) is 2.10. The second kappa shape index (κ2) is 6.36. The van der Waals surface area contributed by atoms with Gasteiger partial charge in [-0.3, -0.25) is 4.79 Å². The summed E-state index contributed by atoms with van der Waals surface area (Å²) in [6.45, 7) is 12.3. The number of carboxylic acids is 1. The first-order chi connectivity index (χ1) is 7.95. The van der Waals surface area contributed by atoms with Crippen LogP contribution in [0.3, 0.4) is 0 Å². The third-order valence-electron chi connectivity index (χ3n) is 3.64. The van der Waals surface area contributed by atoms with Gasteiger partial charge in [0.1, 0.15) is 0 Å². The fraction of sp³-hybridized carbons (Fsp3) is 0.923. The Morgan fingerprint density at radius 3 is 2.00 bits per heavy atom. The summed E-state index contributed by atoms with van der Waals surface area (Å²) in [5, 5.41) is 9.06. The lowest BCUT2D eigenvalue weighted by Crippen LogP contribution is -2.47. The Morgan fingerprint density at radius 2 is 1.59 bits per heavy atom. The topological polar surface area (TPSA) is 43.8 Å². The van der Waals surface area contributed by atoms with Gasteiger partial charge < -0.3 is 14.9 Å². The minimum absolute atomic E-state index is 0.597. The Labute approximate surface area is 105 Å². The van der Waals surface area contributed by atoms with Crippen molar-refractivity contribution in [1.82, 2.24) is 9.80 Å². The highest BCUT2D eigenvalue weighted by molar-refractivity contribution is 5.73. The molecule has 0 saturated carbocycles. The molecule has 1 heterocycles. The van der Waals surface area contributed by atoms with Gasteiger partial charge in [0.15, 0.2) is 0 Å². The van der Waals surface area contributed by atoms with Gasteiger partial charge in [-0.05, 0) is 39.8 Å². The molecule has 0 atom stereocenters. The van der Waals surface area contributed by atoms with Crippen LogP contribution in [0.1, 0.15) is 33.6 Å². The van der Waals surface area contributed by atoms with E-state index in [1.165, 1.54) is 13.0 Å². The summed E-state index contributed by atoms with van der Waals surface area (Å²) in [5.74, 6) is -0.692. The Hall–Kier alpha value is -0.610. The molecule has 1 aliphatic rings. The molecule has 1 rings (SSSR count). The monoisotopic (exact) mass is 242 g/mol. The average Bonchev–Trinajstić information content (AvgIpc) is 2.28. The number of nitrogens with zero attached hydrogens (tertiary/aromatic N) is 2. The van der Waals surface area contributed by atoms with Crippen molar-refractivity contribution in [2.45, 2.75) is 33.6 Å². The van der Waals surface area contributed by atoms with E-state index in [2.05, 4.69) is 16.7 Å². The number of carbonyl (C=O) groups is 1. The predicted octanol–water partition coefficient (Wildman–Crippen LogP) is 1.51. The maximum absolute atomic E-state index is 11.0. The summed E-state index contributed by atoms with van der Waals surface area (Å²) in [7, 11) is 0. The van der Waals surface area contributed by atoms with E-state index in [1.54, 1.807) is 0 Å². The molecule has 1 N–H and O–H groups in total. The van der Waals surface area contributed by atoms with E-state index in [1.807, 2.05) is 13.8 Å². The molecule has 0 aromatic rings. The Balaban J connectivity index is 2.25. The van der Waals surface area contributed by atoms with Crippen LogP contribution in [0.2, 0.25) is 0 Å². The first-order valence-corrected chi connectivity index (χ1v) is 6.64. The van der Waals surface area contributed by atoms with Crippen LogP contribution in [0.15, 0.2) is 0 Å². The van der Waals surface area contributed by atoms with Crippen molar-refractivity contribution in [3.05, 3.63) is 0 Å². The zero-order valence-corrected chi connectivity index (χ0v) is 11.4. The zero-order chi connectivity index (χ0) is 12.9. The number of carboxylic acid groups (broad SMARTS) is 1. The van der Waals surface area contributed by atoms with Crippen molar-refractivity contribution in [3.8, 4) is 0 Å². The van der Waals surface area contributed by atoms with Gasteiger partial charge in [-0.15, -0.1) is 0 Å². The molecule has 1 fully saturated rings. The van der Waals surface area contributed by atoms with Gasteiger partial charge in [-0.2, -0.15) is 0 Å². The van der Waals surface area contributed by atoms with Crippen LogP contribution >= 0.6 is 0 Å². The molecule has 0 spiro atoms. The van der Waals surface area contributed by atoms with Crippen molar-refractivity contribution in [1.29, 1.82) is 0 Å². The van der Waals surface area contributed by atoms with Crippen LogP contribution in [0, 0.1) is 5.41 Å². The number of hydrogen-bond donors (Lipinski definition) is 1. The largest absolute Gasteiger partial charge is 0.481 e. The molecule has 0 amide bonds. The molecule has 0 unspecified atom stereocenters. The van der Waals surface area contributed by atoms with Crippen molar-refractivity contribution in [3.63, 3.8) is 0 Å². The third kappa shape index (κ3) is 4.64. The molecule has 17 heavy (non-hydrogen) atoms. The molecular weight excluding hydrogens is 216 g/mol. The maximum Gasteiger partial charge on any atom is 0.309 e. The average molecular weight is 242 g/mol. The van der Waals surface area contributed by atoms with Crippen LogP contribution in [-0.4, -0.2) is 60.1 Å². The highest BCUT2D eigenvalue weighted by Gasteiger charge is 2.28. The number of hydrogen-bond acceptors (Lipinski definition) is 3. The molecule has 1 aliphatic heterocycles. The summed E-state index contributed by atoms with van der Waals surface area (Å²) in [6, 6.07) is 0. The highest BCUT2D eigenvalue weighted by Crippen LogP contribution is 2.21. The van der Waals surface area contributed by atoms with Gasteiger partial charge in [0.25, 0.3) is 0 Å². The van der Waals surface area contributed by atoms with E-state index >= 15 is 0 Å². The van der Waals surface area contributed by atoms with E-state index in [9.17, 15) is 4.79 Å². The van der Waals surface area contributed by atoms with Crippen molar-refractivity contribution in [2.75, 3.05) is 39.3 Å². The van der Waals surface area contributed by atoms with Crippen LogP contribution in [0.25, 0.3) is 0 Å². The van der Waals surface area contributed by atoms with Crippen LogP contribution in [0.5, 0.6) is 0 Å². The summed E-state index contributed by atoms with van der Waals surface area (Å²) < 4.78 is 0. The Bertz CT molecular complexity index is 246. The second-order valence-electron chi connectivity index (χ2n) is 5.62. The number of piperazine rings is 1. The second-order valence-corrected chi connectivity index (χ2v) is 5.62. The summed E-state index contributed by atoms with van der Waals surface area (Å²) >= 11 is 0. The number of aliphatic carboxylic acids is 1. The van der Waals surface area contributed by atoms with E-state index in [0.29, 0.717) is 0 Å². The van der Waals surface area contributed by atoms with Crippen LogP contribution in [0.4, 0.5) is 0 Å². The van der Waals surface area contributed by atoms with E-state index in [4.69, 9.17) is 5.11 Å². The quantitative estimate of drug-likeness (QED) is 0.767. The number of rotatable bonds is 6. The summed E-state index contributed by atoms with van der Waals surface area (Å²) in [4.78, 5) is 15.9. The highest BCUT2D eigenvalue weighted by atomic mass is 16.4. The molecule has 1 saturated heterocycles. The molecule has 100 valence electrons. The summed E-state index contributed by atoms with van der Waals surface area (Å²) in [6.07, 6.45) is 1.95. The molecule has 0 aromatic heterocycles. The van der Waals surface area contributed by atoms with Gasteiger partial charge in [0.05, 0.1) is 5.41 Å². The first-order valence-electron chi connectivity index (χ1n) is 6.64. The first kappa shape index (κ1) is 14.5. The van der Waals surface area contributed by atoms with Crippen LogP contribution < -0.4 is 0 Å². The molecule has 0 aliphatic carbocycles. The normalized spacial score (nSPS) is 19.5. The minimum atomic E-state index is -0.692. The molecule has 4 heteroatoms. The minimum Gasteiger partial charge on any atom is -0.481 e. The molecule has 0 aromatic carbocycles. The Morgan fingerprint density at radius 1 is 1.12 bits per heavy atom. The lowest BCUT2D eigenvalue weighted by Gasteiger charge is -2.35. The molecular formula is C13H26N2O2. The third-order valence-corrected chi connectivity index (χ3v) is 3.64. The van der Waals surface area contributed by atoms with Gasteiger partial charge in [0.2, 0.25) is 0 Å². The molecule has 4 nitrogen and oxygen atoms in total. The van der Waals surface area contributed by atoms with Crippen molar-refractivity contribution < 1.29 is 9.90 Å². The smallest absolute Gasteiger partial charge is 0.309 e. The predicted molar refractivity (Wildman–Crippen MR) is 69.2 cm³/mol. The van der Waals surface area contributed by atoms with Gasteiger partial charge >= 0.3 is 5.97 Å². The fourth-order valence-corrected chi connectivity index (χ4v) is 2.10. The van der Waals surface area contributed by atoms with Gasteiger partial charge in [-0.25, -0.2) is 0 Å². The summed E-state index contributed by atoms with van der Waals surface area (Å²) in [5.41, 5.74) is -0.597. The van der Waals surface area contributed by atoms with Crippen molar-refractivity contribution >= 4 is 5.97 Å². The molecule has 0 bridgehead atoms. The maximum atomic E-state index is 11.0. The molecule has 0 radical (unpaired) electrons. The van der Waals surface area contributed by atoms with Crippen LogP contribution in [-0.2, 0) is 4.79 Å². The lowest BCUT2D eigenvalue weighted by molar-refractivity contribution is -0.147. The lowest BCUT2D eigenvalue weighted by atomic mass is 9.89. The van der Waals surface area contributed by atoms with E-state index in [0.717, 1.165) is 39.1 Å². The SMILES string of the molecule is CCCN1CCN(CCC(C)(C)C(=O)O)CC1. The van der Waals surface area contributed by atoms with Gasteiger partial charge in [-0.1, -0.05) is 6.92 Å². The Kier molecular flexibility index (Phi) is 5.40. The van der Waals surface area contributed by atoms with Gasteiger partial charge in [0, 0.05) is 26.2 Å². The van der Waals surface area contributed by atoms with E-state index < -0.39 is 11.4 Å². The van der Waals surface area contributed by atoms with E-state index in [-0.39, 0.29) is 0 Å². The standard InChI is InChI=1S/C13H26N2O2/c1-4-6-14-8-10-15(11-9-14)7-5-13(2,3)12(16)17/h4-11H2,1-3H3,(H,16,17). The van der Waals surface area contributed by atoms with Crippen molar-refractivity contribution in [2.24, 2.45) is 5.41 Å².